The molecule has 0 saturated heterocycles. The summed E-state index contributed by atoms with van der Waals surface area (Å²) in [5.74, 6) is -1.46. The van der Waals surface area contributed by atoms with E-state index in [4.69, 9.17) is 16.7 Å². The lowest BCUT2D eigenvalue weighted by Gasteiger charge is -2.10. The predicted octanol–water partition coefficient (Wildman–Crippen LogP) is 3.95. The summed E-state index contributed by atoms with van der Waals surface area (Å²) in [6.45, 7) is 0.337. The van der Waals surface area contributed by atoms with E-state index in [1.54, 1.807) is 6.07 Å². The molecule has 4 nitrogen and oxygen atoms in total. The minimum Gasteiger partial charge on any atom is -0.478 e. The average molecular weight is 360 g/mol. The van der Waals surface area contributed by atoms with E-state index in [0.717, 1.165) is 0 Å². The normalized spacial score (nSPS) is 10.3. The Balaban J connectivity index is 2.11. The van der Waals surface area contributed by atoms with Crippen molar-refractivity contribution in [2.45, 2.75) is 6.54 Å². The van der Waals surface area contributed by atoms with Gasteiger partial charge in [0.25, 0.3) is 0 Å². The number of benzene rings is 1. The Kier molecular flexibility index (Phi) is 4.57. The smallest absolute Gasteiger partial charge is 0.337 e. The van der Waals surface area contributed by atoms with Gasteiger partial charge in [-0.1, -0.05) is 11.6 Å². The van der Waals surface area contributed by atoms with Crippen molar-refractivity contribution >= 4 is 39.2 Å². The molecule has 1 aromatic carbocycles. The van der Waals surface area contributed by atoms with E-state index >= 15 is 0 Å². The van der Waals surface area contributed by atoms with Crippen LogP contribution in [-0.2, 0) is 6.54 Å². The van der Waals surface area contributed by atoms with Gasteiger partial charge in [0, 0.05) is 10.7 Å². The van der Waals surface area contributed by atoms with E-state index in [-0.39, 0.29) is 10.6 Å². The number of nitrogens with zero attached hydrogens (tertiary/aromatic N) is 1. The molecule has 0 aliphatic rings. The molecule has 0 saturated carbocycles. The molecule has 0 radical (unpaired) electrons. The molecule has 2 rings (SSSR count). The fourth-order valence-corrected chi connectivity index (χ4v) is 2.51. The highest BCUT2D eigenvalue weighted by atomic mass is 79.9. The topological polar surface area (TPSA) is 62.2 Å². The van der Waals surface area contributed by atoms with Crippen LogP contribution in [0, 0.1) is 5.82 Å². The van der Waals surface area contributed by atoms with Crippen molar-refractivity contribution < 1.29 is 14.3 Å². The van der Waals surface area contributed by atoms with E-state index in [2.05, 4.69) is 26.2 Å². The number of carboxylic acid groups (broad SMARTS) is 1. The van der Waals surface area contributed by atoms with E-state index in [1.165, 1.54) is 24.4 Å². The van der Waals surface area contributed by atoms with E-state index in [0.29, 0.717) is 22.4 Å². The standard InChI is InChI=1S/C13H9BrClFN2O2/c14-10-3-8(16)4-11(15)12(10)18-6-9-2-1-7(5-17-9)13(19)20/h1-5,18H,6H2,(H,19,20). The zero-order chi connectivity index (χ0) is 14.7. The van der Waals surface area contributed by atoms with Gasteiger partial charge in [0.15, 0.2) is 0 Å². The maximum Gasteiger partial charge on any atom is 0.337 e. The molecular formula is C13H9BrClFN2O2. The second-order valence-corrected chi connectivity index (χ2v) is 5.20. The molecule has 0 amide bonds. The Morgan fingerprint density at radius 1 is 1.45 bits per heavy atom. The van der Waals surface area contributed by atoms with Crippen molar-refractivity contribution in [2.24, 2.45) is 0 Å². The SMILES string of the molecule is O=C(O)c1ccc(CNc2c(Cl)cc(F)cc2Br)nc1. The number of aromatic carboxylic acids is 1. The van der Waals surface area contributed by atoms with E-state index in [1.807, 2.05) is 0 Å². The summed E-state index contributed by atoms with van der Waals surface area (Å²) in [6, 6.07) is 5.57. The third kappa shape index (κ3) is 3.46. The Morgan fingerprint density at radius 3 is 2.75 bits per heavy atom. The van der Waals surface area contributed by atoms with E-state index in [9.17, 15) is 9.18 Å². The van der Waals surface area contributed by atoms with Crippen LogP contribution in [0.15, 0.2) is 34.9 Å². The highest BCUT2D eigenvalue weighted by molar-refractivity contribution is 9.10. The number of anilines is 1. The van der Waals surface area contributed by atoms with Crippen LogP contribution >= 0.6 is 27.5 Å². The lowest BCUT2D eigenvalue weighted by atomic mass is 10.2. The molecule has 0 unspecified atom stereocenters. The summed E-state index contributed by atoms with van der Waals surface area (Å²) in [6.07, 6.45) is 1.28. The third-order valence-corrected chi connectivity index (χ3v) is 3.45. The van der Waals surface area contributed by atoms with Crippen molar-refractivity contribution in [1.29, 1.82) is 0 Å². The molecule has 0 bridgehead atoms. The highest BCUT2D eigenvalue weighted by Crippen LogP contribution is 2.31. The Hall–Kier alpha value is -1.66. The van der Waals surface area contributed by atoms with Crippen molar-refractivity contribution in [3.05, 3.63) is 57.0 Å². The van der Waals surface area contributed by atoms with Gasteiger partial charge in [-0.25, -0.2) is 9.18 Å². The minimum atomic E-state index is -1.03. The summed E-state index contributed by atoms with van der Waals surface area (Å²) in [5.41, 5.74) is 1.31. The molecule has 20 heavy (non-hydrogen) atoms. The van der Waals surface area contributed by atoms with E-state index < -0.39 is 11.8 Å². The molecule has 0 spiro atoms. The molecule has 2 N–H and O–H groups in total. The lowest BCUT2D eigenvalue weighted by molar-refractivity contribution is 0.0696. The number of halogens is 3. The maximum absolute atomic E-state index is 13.1. The summed E-state index contributed by atoms with van der Waals surface area (Å²) < 4.78 is 13.6. The minimum absolute atomic E-state index is 0.120. The third-order valence-electron chi connectivity index (χ3n) is 2.52. The number of hydrogen-bond donors (Lipinski definition) is 2. The fourth-order valence-electron chi connectivity index (χ4n) is 1.55. The van der Waals surface area contributed by atoms with Gasteiger partial charge in [-0.2, -0.15) is 0 Å². The predicted molar refractivity (Wildman–Crippen MR) is 77.6 cm³/mol. The number of nitrogens with one attached hydrogen (secondary N) is 1. The van der Waals surface area contributed by atoms with Gasteiger partial charge >= 0.3 is 5.97 Å². The second-order valence-electron chi connectivity index (χ2n) is 3.94. The first-order valence-corrected chi connectivity index (χ1v) is 6.71. The van der Waals surface area contributed by atoms with Crippen LogP contribution in [0.2, 0.25) is 5.02 Å². The second kappa shape index (κ2) is 6.19. The zero-order valence-electron chi connectivity index (χ0n) is 10.0. The Labute approximate surface area is 127 Å². The van der Waals surface area contributed by atoms with Crippen molar-refractivity contribution in [2.75, 3.05) is 5.32 Å². The molecule has 2 aromatic rings. The summed E-state index contributed by atoms with van der Waals surface area (Å²) >= 11 is 9.15. The van der Waals surface area contributed by atoms with Gasteiger partial charge in [-0.3, -0.25) is 4.98 Å². The van der Waals surface area contributed by atoms with Crippen molar-refractivity contribution in [3.8, 4) is 0 Å². The van der Waals surface area contributed by atoms with Gasteiger partial charge in [-0.05, 0) is 40.2 Å². The molecular weight excluding hydrogens is 351 g/mol. The Bertz CT molecular complexity index is 626. The number of aromatic nitrogens is 1. The van der Waals surface area contributed by atoms with Gasteiger partial charge in [0.2, 0.25) is 0 Å². The van der Waals surface area contributed by atoms with Crippen LogP contribution in [-0.4, -0.2) is 16.1 Å². The van der Waals surface area contributed by atoms with Crippen LogP contribution < -0.4 is 5.32 Å². The van der Waals surface area contributed by atoms with Gasteiger partial charge in [0.05, 0.1) is 28.5 Å². The first-order valence-electron chi connectivity index (χ1n) is 5.54. The fraction of sp³-hybridized carbons (Fsp3) is 0.0769. The lowest BCUT2D eigenvalue weighted by Crippen LogP contribution is -2.04. The van der Waals surface area contributed by atoms with Gasteiger partial charge in [0.1, 0.15) is 5.82 Å². The van der Waals surface area contributed by atoms with Crippen LogP contribution in [0.25, 0.3) is 0 Å². The number of hydrogen-bond acceptors (Lipinski definition) is 3. The largest absolute Gasteiger partial charge is 0.478 e. The average Bonchev–Trinajstić information content (AvgIpc) is 2.38. The summed E-state index contributed by atoms with van der Waals surface area (Å²) in [4.78, 5) is 14.7. The Morgan fingerprint density at radius 2 is 2.20 bits per heavy atom. The first kappa shape index (κ1) is 14.7. The summed E-state index contributed by atoms with van der Waals surface area (Å²) in [5, 5.41) is 12.0. The molecule has 1 heterocycles. The highest BCUT2D eigenvalue weighted by Gasteiger charge is 2.08. The quantitative estimate of drug-likeness (QED) is 0.868. The number of rotatable bonds is 4. The van der Waals surface area contributed by atoms with Gasteiger partial charge < -0.3 is 10.4 Å². The molecule has 1 aromatic heterocycles. The van der Waals surface area contributed by atoms with Gasteiger partial charge in [-0.15, -0.1) is 0 Å². The number of carbonyl (C=O) groups is 1. The first-order chi connectivity index (χ1) is 9.47. The zero-order valence-corrected chi connectivity index (χ0v) is 12.4. The van der Waals surface area contributed by atoms with Crippen LogP contribution in [0.1, 0.15) is 16.1 Å². The van der Waals surface area contributed by atoms with Crippen molar-refractivity contribution in [1.82, 2.24) is 4.98 Å². The molecule has 104 valence electrons. The monoisotopic (exact) mass is 358 g/mol. The van der Waals surface area contributed by atoms with Crippen LogP contribution in [0.5, 0.6) is 0 Å². The maximum atomic E-state index is 13.1. The summed E-state index contributed by atoms with van der Waals surface area (Å²) in [7, 11) is 0. The van der Waals surface area contributed by atoms with Crippen molar-refractivity contribution in [3.63, 3.8) is 0 Å². The molecule has 0 fully saturated rings. The number of carboxylic acids is 1. The molecule has 0 atom stereocenters. The number of pyridine rings is 1. The molecule has 7 heteroatoms. The molecule has 0 aliphatic heterocycles. The molecule has 0 aliphatic carbocycles. The van der Waals surface area contributed by atoms with Crippen LogP contribution in [0.4, 0.5) is 10.1 Å². The van der Waals surface area contributed by atoms with Crippen LogP contribution in [0.3, 0.4) is 0 Å².